The average Bonchev–Trinajstić information content (AvgIpc) is 3.07. The number of aliphatic imine (C=N–C) groups is 1. The number of aliphatic hydroxyl groups is 1. The van der Waals surface area contributed by atoms with Crippen molar-refractivity contribution in [3.8, 4) is 0 Å². The third kappa shape index (κ3) is 4.19. The highest BCUT2D eigenvalue weighted by atomic mass is 35.5. The van der Waals surface area contributed by atoms with Gasteiger partial charge in [-0.1, -0.05) is 11.6 Å². The Hall–Kier alpha value is -1.64. The first-order valence-electron chi connectivity index (χ1n) is 6.74. The molecule has 3 N–H and O–H groups in total. The molecule has 120 valence electrons. The minimum absolute atomic E-state index is 0.342. The van der Waals surface area contributed by atoms with Crippen molar-refractivity contribution in [3.63, 3.8) is 0 Å². The van der Waals surface area contributed by atoms with E-state index in [1.54, 1.807) is 13.1 Å². The van der Waals surface area contributed by atoms with Gasteiger partial charge in [-0.05, 0) is 19.1 Å². The lowest BCUT2D eigenvalue weighted by atomic mass is 10.3. The monoisotopic (exact) mass is 342 g/mol. The summed E-state index contributed by atoms with van der Waals surface area (Å²) in [4.78, 5) is 4.93. The van der Waals surface area contributed by atoms with Gasteiger partial charge in [-0.2, -0.15) is 0 Å². The molecule has 2 aromatic heterocycles. The van der Waals surface area contributed by atoms with Crippen LogP contribution in [-0.2, 0) is 13.6 Å². The van der Waals surface area contributed by atoms with Crippen molar-refractivity contribution in [2.75, 3.05) is 13.6 Å². The molecule has 9 heteroatoms. The van der Waals surface area contributed by atoms with Gasteiger partial charge in [0.05, 0.1) is 10.9 Å². The number of halogens is 1. The first-order valence-corrected chi connectivity index (χ1v) is 7.93. The predicted molar refractivity (Wildman–Crippen MR) is 88.2 cm³/mol. The third-order valence-electron chi connectivity index (χ3n) is 3.21. The van der Waals surface area contributed by atoms with E-state index in [0.29, 0.717) is 23.4 Å². The molecule has 2 aromatic rings. The topological polar surface area (TPSA) is 87.4 Å². The number of thiophene rings is 1. The van der Waals surface area contributed by atoms with Gasteiger partial charge >= 0.3 is 0 Å². The molecule has 0 radical (unpaired) electrons. The Morgan fingerprint density at radius 2 is 2.23 bits per heavy atom. The van der Waals surface area contributed by atoms with Crippen LogP contribution in [0.5, 0.6) is 0 Å². The van der Waals surface area contributed by atoms with E-state index in [-0.39, 0.29) is 0 Å². The van der Waals surface area contributed by atoms with Crippen molar-refractivity contribution in [3.05, 3.63) is 33.0 Å². The van der Waals surface area contributed by atoms with E-state index < -0.39 is 6.10 Å². The van der Waals surface area contributed by atoms with Crippen LogP contribution >= 0.6 is 22.9 Å². The molecule has 0 amide bonds. The SMILES string of the molecule is CN=C(NCc1nnc(C)n1C)NCC(O)c1ccc(Cl)s1. The highest BCUT2D eigenvalue weighted by molar-refractivity contribution is 7.16. The van der Waals surface area contributed by atoms with Crippen molar-refractivity contribution in [2.45, 2.75) is 19.6 Å². The molecule has 22 heavy (non-hydrogen) atoms. The summed E-state index contributed by atoms with van der Waals surface area (Å²) in [5.41, 5.74) is 0. The van der Waals surface area contributed by atoms with Crippen LogP contribution in [0.4, 0.5) is 0 Å². The zero-order chi connectivity index (χ0) is 16.1. The minimum atomic E-state index is -0.631. The molecule has 0 aliphatic heterocycles. The Bertz CT molecular complexity index is 653. The minimum Gasteiger partial charge on any atom is -0.386 e. The molecule has 0 aliphatic carbocycles. The van der Waals surface area contributed by atoms with Crippen LogP contribution in [0.25, 0.3) is 0 Å². The fraction of sp³-hybridized carbons (Fsp3) is 0.462. The van der Waals surface area contributed by atoms with Crippen LogP contribution in [0.15, 0.2) is 17.1 Å². The molecule has 0 aliphatic rings. The standard InChI is InChI=1S/C13H19ClN6OS/c1-8-18-19-12(20(8)3)7-17-13(15-2)16-6-9(21)10-4-5-11(14)22-10/h4-5,9,21H,6-7H2,1-3H3,(H2,15,16,17). The van der Waals surface area contributed by atoms with Gasteiger partial charge in [0.25, 0.3) is 0 Å². The third-order valence-corrected chi connectivity index (χ3v) is 4.54. The number of aryl methyl sites for hydroxylation is 1. The Morgan fingerprint density at radius 1 is 1.45 bits per heavy atom. The lowest BCUT2D eigenvalue weighted by Gasteiger charge is -2.14. The number of nitrogens with one attached hydrogen (secondary N) is 2. The largest absolute Gasteiger partial charge is 0.386 e. The number of hydrogen-bond donors (Lipinski definition) is 3. The summed E-state index contributed by atoms with van der Waals surface area (Å²) < 4.78 is 2.57. The van der Waals surface area contributed by atoms with Crippen LogP contribution < -0.4 is 10.6 Å². The van der Waals surface area contributed by atoms with Crippen LogP contribution in [0, 0.1) is 6.92 Å². The molecular weight excluding hydrogens is 324 g/mol. The zero-order valence-electron chi connectivity index (χ0n) is 12.7. The Morgan fingerprint density at radius 3 is 2.77 bits per heavy atom. The lowest BCUT2D eigenvalue weighted by Crippen LogP contribution is -2.39. The van der Waals surface area contributed by atoms with Gasteiger partial charge < -0.3 is 20.3 Å². The first-order chi connectivity index (χ1) is 10.5. The van der Waals surface area contributed by atoms with E-state index in [4.69, 9.17) is 11.6 Å². The Kier molecular flexibility index (Phi) is 5.76. The maximum absolute atomic E-state index is 10.1. The van der Waals surface area contributed by atoms with Gasteiger partial charge in [-0.15, -0.1) is 21.5 Å². The van der Waals surface area contributed by atoms with Crippen molar-refractivity contribution in [1.82, 2.24) is 25.4 Å². The van der Waals surface area contributed by atoms with Gasteiger partial charge in [-0.3, -0.25) is 4.99 Å². The van der Waals surface area contributed by atoms with E-state index in [1.807, 2.05) is 24.6 Å². The molecule has 0 saturated carbocycles. The molecule has 1 atom stereocenters. The summed E-state index contributed by atoms with van der Waals surface area (Å²) in [5.74, 6) is 2.25. The smallest absolute Gasteiger partial charge is 0.191 e. The molecular formula is C13H19ClN6OS. The fourth-order valence-corrected chi connectivity index (χ4v) is 2.84. The zero-order valence-corrected chi connectivity index (χ0v) is 14.2. The maximum Gasteiger partial charge on any atom is 0.191 e. The van der Waals surface area contributed by atoms with Crippen LogP contribution in [0.3, 0.4) is 0 Å². The summed E-state index contributed by atoms with van der Waals surface area (Å²) >= 11 is 7.23. The number of guanidine groups is 1. The molecule has 0 spiro atoms. The molecule has 0 aromatic carbocycles. The van der Waals surface area contributed by atoms with E-state index in [1.165, 1.54) is 11.3 Å². The van der Waals surface area contributed by atoms with Gasteiger partial charge in [0, 0.05) is 25.5 Å². The van der Waals surface area contributed by atoms with Gasteiger partial charge in [0.15, 0.2) is 11.8 Å². The van der Waals surface area contributed by atoms with E-state index in [2.05, 4.69) is 25.8 Å². The lowest BCUT2D eigenvalue weighted by molar-refractivity contribution is 0.184. The van der Waals surface area contributed by atoms with Gasteiger partial charge in [-0.25, -0.2) is 0 Å². The number of rotatable bonds is 5. The maximum atomic E-state index is 10.1. The van der Waals surface area contributed by atoms with E-state index >= 15 is 0 Å². The van der Waals surface area contributed by atoms with E-state index in [0.717, 1.165) is 16.5 Å². The average molecular weight is 343 g/mol. The highest BCUT2D eigenvalue weighted by Gasteiger charge is 2.11. The Balaban J connectivity index is 1.84. The molecule has 7 nitrogen and oxygen atoms in total. The van der Waals surface area contributed by atoms with Crippen LogP contribution in [0.2, 0.25) is 4.34 Å². The fourth-order valence-electron chi connectivity index (χ4n) is 1.79. The number of aromatic nitrogens is 3. The molecule has 1 unspecified atom stereocenters. The van der Waals surface area contributed by atoms with E-state index in [9.17, 15) is 5.11 Å². The molecule has 2 rings (SSSR count). The highest BCUT2D eigenvalue weighted by Crippen LogP contribution is 2.26. The first kappa shape index (κ1) is 16.7. The summed E-state index contributed by atoms with van der Waals surface area (Å²) in [6.07, 6.45) is -0.631. The predicted octanol–water partition coefficient (Wildman–Crippen LogP) is 1.24. The van der Waals surface area contributed by atoms with Crippen molar-refractivity contribution < 1.29 is 5.11 Å². The van der Waals surface area contributed by atoms with Crippen LogP contribution in [-0.4, -0.2) is 39.4 Å². The second kappa shape index (κ2) is 7.57. The molecule has 0 fully saturated rings. The summed E-state index contributed by atoms with van der Waals surface area (Å²) in [7, 11) is 3.58. The van der Waals surface area contributed by atoms with Crippen molar-refractivity contribution in [1.29, 1.82) is 0 Å². The number of aliphatic hydroxyl groups excluding tert-OH is 1. The Labute approximate surface area is 138 Å². The molecule has 0 saturated heterocycles. The normalized spacial score (nSPS) is 13.2. The summed E-state index contributed by atoms with van der Waals surface area (Å²) in [6, 6.07) is 3.59. The van der Waals surface area contributed by atoms with Gasteiger partial charge in [0.2, 0.25) is 0 Å². The second-order valence-electron chi connectivity index (χ2n) is 4.69. The van der Waals surface area contributed by atoms with Crippen molar-refractivity contribution in [2.24, 2.45) is 12.0 Å². The van der Waals surface area contributed by atoms with Gasteiger partial charge in [0.1, 0.15) is 11.9 Å². The number of hydrogen-bond acceptors (Lipinski definition) is 5. The summed E-state index contributed by atoms with van der Waals surface area (Å²) in [6.45, 7) is 2.73. The quantitative estimate of drug-likeness (QED) is 0.562. The summed E-state index contributed by atoms with van der Waals surface area (Å²) in [5, 5.41) is 24.4. The second-order valence-corrected chi connectivity index (χ2v) is 6.43. The number of nitrogens with zero attached hydrogens (tertiary/aromatic N) is 4. The van der Waals surface area contributed by atoms with Crippen LogP contribution in [0.1, 0.15) is 22.6 Å². The molecule has 0 bridgehead atoms. The molecule has 2 heterocycles. The van der Waals surface area contributed by atoms with Crippen molar-refractivity contribution >= 4 is 28.9 Å².